The molecule has 0 saturated heterocycles. The summed E-state index contributed by atoms with van der Waals surface area (Å²) in [6.45, 7) is 6.22. The first-order valence-corrected chi connectivity index (χ1v) is 14.2. The molecule has 1 aliphatic rings. The van der Waals surface area contributed by atoms with Gasteiger partial charge >= 0.3 is 0 Å². The molecule has 0 bridgehead atoms. The fourth-order valence-electron chi connectivity index (χ4n) is 5.03. The zero-order valence-electron chi connectivity index (χ0n) is 22.5. The Hall–Kier alpha value is -3.12. The first-order chi connectivity index (χ1) is 18.3. The van der Waals surface area contributed by atoms with Crippen LogP contribution in [0, 0.1) is 20.8 Å². The number of halogens is 1. The van der Waals surface area contributed by atoms with Gasteiger partial charge in [-0.25, -0.2) is 0 Å². The highest BCUT2D eigenvalue weighted by Crippen LogP contribution is 2.27. The molecule has 0 spiro atoms. The van der Waals surface area contributed by atoms with Crippen LogP contribution in [0.25, 0.3) is 0 Å². The Labute approximate surface area is 234 Å². The summed E-state index contributed by atoms with van der Waals surface area (Å²) in [4.78, 5) is 29.2. The van der Waals surface area contributed by atoms with Crippen LogP contribution in [-0.2, 0) is 22.6 Å². The van der Waals surface area contributed by atoms with Crippen LogP contribution in [0.2, 0.25) is 0 Å². The van der Waals surface area contributed by atoms with E-state index >= 15 is 0 Å². The van der Waals surface area contributed by atoms with Crippen molar-refractivity contribution in [3.05, 3.63) is 99.0 Å². The van der Waals surface area contributed by atoms with Gasteiger partial charge in [0.25, 0.3) is 5.91 Å². The molecule has 1 saturated carbocycles. The third kappa shape index (κ3) is 7.47. The molecular formula is C32H37BrN2O3. The highest BCUT2D eigenvalue weighted by atomic mass is 79.9. The average Bonchev–Trinajstić information content (AvgIpc) is 3.42. The lowest BCUT2D eigenvalue weighted by Gasteiger charge is -2.32. The summed E-state index contributed by atoms with van der Waals surface area (Å²) < 4.78 is 7.02. The van der Waals surface area contributed by atoms with Gasteiger partial charge in [0, 0.05) is 23.5 Å². The van der Waals surface area contributed by atoms with Gasteiger partial charge in [0.1, 0.15) is 11.8 Å². The number of carbonyl (C=O) groups is 2. The molecule has 1 atom stereocenters. The van der Waals surface area contributed by atoms with Gasteiger partial charge in [-0.3, -0.25) is 9.59 Å². The second kappa shape index (κ2) is 13.1. The minimum absolute atomic E-state index is 0.100. The molecule has 2 amide bonds. The zero-order valence-corrected chi connectivity index (χ0v) is 24.1. The molecule has 1 unspecified atom stereocenters. The molecule has 3 aromatic rings. The molecule has 3 aromatic carbocycles. The lowest BCUT2D eigenvalue weighted by Crippen LogP contribution is -2.53. The molecule has 200 valence electrons. The molecule has 6 heteroatoms. The maximum atomic E-state index is 13.8. The van der Waals surface area contributed by atoms with E-state index in [1.165, 1.54) is 0 Å². The summed E-state index contributed by atoms with van der Waals surface area (Å²) in [5, 5.41) is 3.25. The van der Waals surface area contributed by atoms with Crippen LogP contribution in [0.4, 0.5) is 0 Å². The van der Waals surface area contributed by atoms with Crippen LogP contribution in [0.1, 0.15) is 53.5 Å². The quantitative estimate of drug-likeness (QED) is 0.301. The number of ether oxygens (including phenoxy) is 1. The number of amides is 2. The number of aryl methyl sites for hydroxylation is 3. The van der Waals surface area contributed by atoms with Gasteiger partial charge in [-0.2, -0.15) is 0 Å². The molecular weight excluding hydrogens is 540 g/mol. The Kier molecular flexibility index (Phi) is 9.62. The Morgan fingerprint density at radius 1 is 0.947 bits per heavy atom. The van der Waals surface area contributed by atoms with Gasteiger partial charge in [0.05, 0.1) is 0 Å². The first kappa shape index (κ1) is 27.9. The van der Waals surface area contributed by atoms with E-state index in [9.17, 15) is 9.59 Å². The van der Waals surface area contributed by atoms with Gasteiger partial charge in [-0.15, -0.1) is 0 Å². The maximum Gasteiger partial charge on any atom is 0.261 e. The molecule has 0 aromatic heterocycles. The SMILES string of the molecule is Cc1ccc(CN(C(=O)COc2cc(C)c(Br)c(C)c2)C(Cc2ccccc2)C(=O)NC2CCCC2)cc1. The van der Waals surface area contributed by atoms with Crippen molar-refractivity contribution in [1.29, 1.82) is 0 Å². The Balaban J connectivity index is 1.61. The van der Waals surface area contributed by atoms with E-state index in [4.69, 9.17) is 4.74 Å². The molecule has 0 heterocycles. The highest BCUT2D eigenvalue weighted by Gasteiger charge is 2.32. The molecule has 0 radical (unpaired) electrons. The summed E-state index contributed by atoms with van der Waals surface area (Å²) >= 11 is 3.59. The summed E-state index contributed by atoms with van der Waals surface area (Å²) in [7, 11) is 0. The smallest absolute Gasteiger partial charge is 0.261 e. The van der Waals surface area contributed by atoms with Crippen LogP contribution in [-0.4, -0.2) is 35.4 Å². The maximum absolute atomic E-state index is 13.8. The van der Waals surface area contributed by atoms with Crippen molar-refractivity contribution >= 4 is 27.7 Å². The van der Waals surface area contributed by atoms with Crippen molar-refractivity contribution in [2.75, 3.05) is 6.61 Å². The van der Waals surface area contributed by atoms with E-state index in [-0.39, 0.29) is 24.5 Å². The van der Waals surface area contributed by atoms with Crippen molar-refractivity contribution in [3.63, 3.8) is 0 Å². The van der Waals surface area contributed by atoms with E-state index < -0.39 is 6.04 Å². The number of nitrogens with one attached hydrogen (secondary N) is 1. The number of rotatable bonds is 10. The molecule has 1 aliphatic carbocycles. The second-order valence-electron chi connectivity index (χ2n) is 10.4. The number of carbonyl (C=O) groups excluding carboxylic acids is 2. The normalized spacial score (nSPS) is 14.2. The van der Waals surface area contributed by atoms with Crippen LogP contribution in [0.3, 0.4) is 0 Å². The second-order valence-corrected chi connectivity index (χ2v) is 11.2. The molecule has 5 nitrogen and oxygen atoms in total. The minimum Gasteiger partial charge on any atom is -0.484 e. The minimum atomic E-state index is -0.649. The summed E-state index contributed by atoms with van der Waals surface area (Å²) in [6, 6.07) is 21.4. The first-order valence-electron chi connectivity index (χ1n) is 13.4. The standard InChI is InChI=1S/C32H37BrN2O3/c1-22-13-15-26(16-14-22)20-35(30(36)21-38-28-17-23(2)31(33)24(3)18-28)29(19-25-9-5-4-6-10-25)32(37)34-27-11-7-8-12-27/h4-6,9-10,13-18,27,29H,7-8,11-12,19-21H2,1-3H3,(H,34,37). The zero-order chi connectivity index (χ0) is 27.1. The lowest BCUT2D eigenvalue weighted by molar-refractivity contribution is -0.143. The van der Waals surface area contributed by atoms with E-state index in [0.29, 0.717) is 18.7 Å². The summed E-state index contributed by atoms with van der Waals surface area (Å²) in [5.41, 5.74) is 5.23. The molecule has 4 rings (SSSR count). The predicted molar refractivity (Wildman–Crippen MR) is 155 cm³/mol. The largest absolute Gasteiger partial charge is 0.484 e. The van der Waals surface area contributed by atoms with Crippen LogP contribution < -0.4 is 10.1 Å². The van der Waals surface area contributed by atoms with E-state index in [2.05, 4.69) is 21.2 Å². The Morgan fingerprint density at radius 2 is 1.58 bits per heavy atom. The van der Waals surface area contributed by atoms with Crippen molar-refractivity contribution < 1.29 is 14.3 Å². The Bertz CT molecular complexity index is 1210. The molecule has 0 aliphatic heterocycles. The molecule has 38 heavy (non-hydrogen) atoms. The lowest BCUT2D eigenvalue weighted by atomic mass is 10.0. The van der Waals surface area contributed by atoms with Gasteiger partial charge in [-0.05, 0) is 68.0 Å². The van der Waals surface area contributed by atoms with Crippen molar-refractivity contribution in [2.45, 2.75) is 71.5 Å². The van der Waals surface area contributed by atoms with Gasteiger partial charge in [0.15, 0.2) is 6.61 Å². The van der Waals surface area contributed by atoms with Crippen molar-refractivity contribution in [2.24, 2.45) is 0 Å². The van der Waals surface area contributed by atoms with Crippen molar-refractivity contribution in [3.8, 4) is 5.75 Å². The number of benzene rings is 3. The number of nitrogens with zero attached hydrogens (tertiary/aromatic N) is 1. The van der Waals surface area contributed by atoms with Gasteiger partial charge < -0.3 is 15.0 Å². The summed E-state index contributed by atoms with van der Waals surface area (Å²) in [6.07, 6.45) is 4.66. The predicted octanol–water partition coefficient (Wildman–Crippen LogP) is 6.45. The van der Waals surface area contributed by atoms with E-state index in [1.807, 2.05) is 87.5 Å². The number of hydrogen-bond acceptors (Lipinski definition) is 3. The molecule has 1 fully saturated rings. The fourth-order valence-corrected chi connectivity index (χ4v) is 5.26. The summed E-state index contributed by atoms with van der Waals surface area (Å²) in [5.74, 6) is 0.324. The van der Waals surface area contributed by atoms with E-state index in [0.717, 1.165) is 58.0 Å². The van der Waals surface area contributed by atoms with Crippen LogP contribution in [0.5, 0.6) is 5.75 Å². The third-order valence-corrected chi connectivity index (χ3v) is 8.47. The fraction of sp³-hybridized carbons (Fsp3) is 0.375. The van der Waals surface area contributed by atoms with Crippen molar-refractivity contribution in [1.82, 2.24) is 10.2 Å². The Morgan fingerprint density at radius 3 is 2.21 bits per heavy atom. The number of hydrogen-bond donors (Lipinski definition) is 1. The third-order valence-electron chi connectivity index (χ3n) is 7.22. The van der Waals surface area contributed by atoms with Gasteiger partial charge in [0.2, 0.25) is 5.91 Å². The van der Waals surface area contributed by atoms with Crippen LogP contribution >= 0.6 is 15.9 Å². The monoisotopic (exact) mass is 576 g/mol. The van der Waals surface area contributed by atoms with Crippen LogP contribution in [0.15, 0.2) is 71.2 Å². The average molecular weight is 578 g/mol. The molecule has 1 N–H and O–H groups in total. The van der Waals surface area contributed by atoms with Gasteiger partial charge in [-0.1, -0.05) is 88.9 Å². The van der Waals surface area contributed by atoms with E-state index in [1.54, 1.807) is 4.90 Å². The highest BCUT2D eigenvalue weighted by molar-refractivity contribution is 9.10. The topological polar surface area (TPSA) is 58.6 Å².